The van der Waals surface area contributed by atoms with Crippen molar-refractivity contribution in [1.29, 1.82) is 0 Å². The van der Waals surface area contributed by atoms with Crippen molar-refractivity contribution < 1.29 is 19.1 Å². The highest BCUT2D eigenvalue weighted by molar-refractivity contribution is 9.10. The summed E-state index contributed by atoms with van der Waals surface area (Å²) in [5, 5.41) is 0. The second-order valence-corrected chi connectivity index (χ2v) is 6.32. The molecule has 2 amide bonds. The van der Waals surface area contributed by atoms with E-state index in [4.69, 9.17) is 4.74 Å². The Bertz CT molecular complexity index is 816. The van der Waals surface area contributed by atoms with E-state index in [2.05, 4.69) is 15.9 Å². The Kier molecular flexibility index (Phi) is 4.49. The molecule has 0 spiro atoms. The van der Waals surface area contributed by atoms with E-state index in [0.29, 0.717) is 11.1 Å². The van der Waals surface area contributed by atoms with Crippen LogP contribution in [0.3, 0.4) is 0 Å². The first-order chi connectivity index (χ1) is 11.5. The molecule has 5 nitrogen and oxygen atoms in total. The first kappa shape index (κ1) is 16.4. The minimum absolute atomic E-state index is 0.104. The molecule has 0 fully saturated rings. The van der Waals surface area contributed by atoms with Crippen molar-refractivity contribution >= 4 is 33.7 Å². The fourth-order valence-corrected chi connectivity index (χ4v) is 3.01. The molecule has 0 radical (unpaired) electrons. The Morgan fingerprint density at radius 1 is 1.12 bits per heavy atom. The van der Waals surface area contributed by atoms with Crippen LogP contribution in [0, 0.1) is 0 Å². The average Bonchev–Trinajstić information content (AvgIpc) is 2.60. The SMILES string of the molecule is COC(=O)C1C(=O)N(Cc2ccc(Br)cc2)C(=O)c2ccccc21. The van der Waals surface area contributed by atoms with Crippen LogP contribution < -0.4 is 0 Å². The molecule has 6 heteroatoms. The molecule has 2 aromatic carbocycles. The maximum absolute atomic E-state index is 12.8. The highest BCUT2D eigenvalue weighted by Crippen LogP contribution is 2.31. The maximum atomic E-state index is 12.8. The van der Waals surface area contributed by atoms with Crippen molar-refractivity contribution in [1.82, 2.24) is 4.90 Å². The standard InChI is InChI=1S/C18H14BrNO4/c1-24-18(23)15-13-4-2-3-5-14(13)16(21)20(17(15)22)10-11-6-8-12(19)9-7-11/h2-9,15H,10H2,1H3. The van der Waals surface area contributed by atoms with Crippen LogP contribution in [0.1, 0.15) is 27.4 Å². The number of esters is 1. The molecule has 0 aromatic heterocycles. The number of carbonyl (C=O) groups is 3. The largest absolute Gasteiger partial charge is 0.468 e. The van der Waals surface area contributed by atoms with Gasteiger partial charge in [0.2, 0.25) is 5.91 Å². The number of amides is 2. The molecule has 0 N–H and O–H groups in total. The molecule has 0 saturated carbocycles. The first-order valence-electron chi connectivity index (χ1n) is 7.30. The average molecular weight is 388 g/mol. The van der Waals surface area contributed by atoms with E-state index >= 15 is 0 Å². The van der Waals surface area contributed by atoms with Gasteiger partial charge in [0.25, 0.3) is 5.91 Å². The first-order valence-corrected chi connectivity index (χ1v) is 8.09. The van der Waals surface area contributed by atoms with Crippen LogP contribution >= 0.6 is 15.9 Å². The highest BCUT2D eigenvalue weighted by Gasteiger charge is 2.43. The van der Waals surface area contributed by atoms with Crippen molar-refractivity contribution in [3.63, 3.8) is 0 Å². The monoisotopic (exact) mass is 387 g/mol. The molecule has 1 heterocycles. The number of hydrogen-bond donors (Lipinski definition) is 0. The number of rotatable bonds is 3. The molecule has 1 aliphatic heterocycles. The van der Waals surface area contributed by atoms with Gasteiger partial charge in [-0.25, -0.2) is 0 Å². The van der Waals surface area contributed by atoms with Gasteiger partial charge >= 0.3 is 5.97 Å². The van der Waals surface area contributed by atoms with Gasteiger partial charge in [-0.1, -0.05) is 46.3 Å². The number of imide groups is 1. The third kappa shape index (κ3) is 2.85. The quantitative estimate of drug-likeness (QED) is 0.461. The smallest absolute Gasteiger partial charge is 0.322 e. The number of carbonyl (C=O) groups excluding carboxylic acids is 3. The van der Waals surface area contributed by atoms with Crippen LogP contribution in [0.2, 0.25) is 0 Å². The van der Waals surface area contributed by atoms with E-state index in [1.165, 1.54) is 7.11 Å². The normalized spacial score (nSPS) is 16.8. The van der Waals surface area contributed by atoms with E-state index in [1.807, 2.05) is 24.3 Å². The molecule has 1 atom stereocenters. The minimum Gasteiger partial charge on any atom is -0.468 e. The number of nitrogens with zero attached hydrogens (tertiary/aromatic N) is 1. The van der Waals surface area contributed by atoms with Crippen LogP contribution in [0.25, 0.3) is 0 Å². The van der Waals surface area contributed by atoms with Gasteiger partial charge in [0.05, 0.1) is 13.7 Å². The third-order valence-corrected chi connectivity index (χ3v) is 4.48. The van der Waals surface area contributed by atoms with E-state index < -0.39 is 23.7 Å². The molecular weight excluding hydrogens is 374 g/mol. The second-order valence-electron chi connectivity index (χ2n) is 5.40. The summed E-state index contributed by atoms with van der Waals surface area (Å²) in [5.41, 5.74) is 1.54. The van der Waals surface area contributed by atoms with Gasteiger partial charge in [0, 0.05) is 10.0 Å². The zero-order chi connectivity index (χ0) is 17.3. The van der Waals surface area contributed by atoms with E-state index in [-0.39, 0.29) is 6.54 Å². The molecule has 0 saturated heterocycles. The Labute approximate surface area is 147 Å². The number of fused-ring (bicyclic) bond motifs is 1. The van der Waals surface area contributed by atoms with Gasteiger partial charge in [-0.15, -0.1) is 0 Å². The maximum Gasteiger partial charge on any atom is 0.322 e. The molecule has 1 unspecified atom stereocenters. The van der Waals surface area contributed by atoms with E-state index in [9.17, 15) is 14.4 Å². The van der Waals surface area contributed by atoms with Crippen LogP contribution in [0.15, 0.2) is 53.0 Å². The summed E-state index contributed by atoms with van der Waals surface area (Å²) in [6.45, 7) is 0.104. The van der Waals surface area contributed by atoms with Gasteiger partial charge in [0.15, 0.2) is 5.92 Å². The lowest BCUT2D eigenvalue weighted by atomic mass is 9.88. The number of methoxy groups -OCH3 is 1. The van der Waals surface area contributed by atoms with Gasteiger partial charge in [-0.2, -0.15) is 0 Å². The molecule has 24 heavy (non-hydrogen) atoms. The summed E-state index contributed by atoms with van der Waals surface area (Å²) in [6.07, 6.45) is 0. The van der Waals surface area contributed by atoms with Gasteiger partial charge in [-0.3, -0.25) is 19.3 Å². The van der Waals surface area contributed by atoms with E-state index in [0.717, 1.165) is 14.9 Å². The Morgan fingerprint density at radius 2 is 1.79 bits per heavy atom. The summed E-state index contributed by atoms with van der Waals surface area (Å²) in [7, 11) is 1.23. The minimum atomic E-state index is -1.11. The number of hydrogen-bond acceptors (Lipinski definition) is 4. The summed E-state index contributed by atoms with van der Waals surface area (Å²) < 4.78 is 5.67. The van der Waals surface area contributed by atoms with Crippen molar-refractivity contribution in [2.24, 2.45) is 0 Å². The predicted octanol–water partition coefficient (Wildman–Crippen LogP) is 2.89. The van der Waals surface area contributed by atoms with Crippen LogP contribution in [-0.2, 0) is 20.9 Å². The third-order valence-electron chi connectivity index (χ3n) is 3.95. The Balaban J connectivity index is 2.01. The van der Waals surface area contributed by atoms with E-state index in [1.54, 1.807) is 24.3 Å². The fraction of sp³-hybridized carbons (Fsp3) is 0.167. The van der Waals surface area contributed by atoms with Crippen LogP contribution in [0.4, 0.5) is 0 Å². The molecule has 2 aromatic rings. The van der Waals surface area contributed by atoms with Crippen molar-refractivity contribution in [2.45, 2.75) is 12.5 Å². The summed E-state index contributed by atoms with van der Waals surface area (Å²) >= 11 is 3.35. The lowest BCUT2D eigenvalue weighted by Gasteiger charge is -2.31. The molecule has 3 rings (SSSR count). The van der Waals surface area contributed by atoms with Crippen LogP contribution in [-0.4, -0.2) is 29.8 Å². The van der Waals surface area contributed by atoms with Crippen LogP contribution in [0.5, 0.6) is 0 Å². The number of halogens is 1. The highest BCUT2D eigenvalue weighted by atomic mass is 79.9. The molecule has 0 bridgehead atoms. The molecule has 1 aliphatic rings. The zero-order valence-electron chi connectivity index (χ0n) is 12.9. The van der Waals surface area contributed by atoms with Gasteiger partial charge < -0.3 is 4.74 Å². The Hall–Kier alpha value is -2.47. The lowest BCUT2D eigenvalue weighted by molar-refractivity contribution is -0.149. The lowest BCUT2D eigenvalue weighted by Crippen LogP contribution is -2.46. The second kappa shape index (κ2) is 6.57. The summed E-state index contributed by atoms with van der Waals surface area (Å²) in [5.74, 6) is -2.74. The predicted molar refractivity (Wildman–Crippen MR) is 90.2 cm³/mol. The summed E-state index contributed by atoms with van der Waals surface area (Å²) in [4.78, 5) is 38.7. The van der Waals surface area contributed by atoms with Gasteiger partial charge in [-0.05, 0) is 29.3 Å². The summed E-state index contributed by atoms with van der Waals surface area (Å²) in [6, 6.07) is 13.9. The van der Waals surface area contributed by atoms with Gasteiger partial charge in [0.1, 0.15) is 0 Å². The molecular formula is C18H14BrNO4. The molecule has 122 valence electrons. The van der Waals surface area contributed by atoms with Crippen molar-refractivity contribution in [3.8, 4) is 0 Å². The number of ether oxygens (including phenoxy) is 1. The molecule has 0 aliphatic carbocycles. The topological polar surface area (TPSA) is 63.7 Å². The van der Waals surface area contributed by atoms with Crippen molar-refractivity contribution in [2.75, 3.05) is 7.11 Å². The Morgan fingerprint density at radius 3 is 2.46 bits per heavy atom. The van der Waals surface area contributed by atoms with Crippen molar-refractivity contribution in [3.05, 3.63) is 69.7 Å². The zero-order valence-corrected chi connectivity index (χ0v) is 14.4. The number of benzene rings is 2. The fourth-order valence-electron chi connectivity index (χ4n) is 2.75.